The molecule has 1 heterocycles. The van der Waals surface area contributed by atoms with E-state index in [1.165, 1.54) is 0 Å². The first-order valence-corrected chi connectivity index (χ1v) is 3.47. The third-order valence-electron chi connectivity index (χ3n) is 1.80. The van der Waals surface area contributed by atoms with Gasteiger partial charge in [0.1, 0.15) is 13.9 Å². The second kappa shape index (κ2) is 2.74. The van der Waals surface area contributed by atoms with Gasteiger partial charge in [0.15, 0.2) is 0 Å². The molecule has 0 bridgehead atoms. The predicted octanol–water partition coefficient (Wildman–Crippen LogP) is -1.45. The lowest BCUT2D eigenvalue weighted by molar-refractivity contribution is 0.0997. The van der Waals surface area contributed by atoms with E-state index in [0.29, 0.717) is 22.4 Å². The molecule has 0 aromatic carbocycles. The van der Waals surface area contributed by atoms with Gasteiger partial charge in [-0.2, -0.15) is 5.26 Å². The molecular formula is C7H8BN3O. The quantitative estimate of drug-likeness (QED) is 0.494. The van der Waals surface area contributed by atoms with Crippen molar-refractivity contribution >= 4 is 19.2 Å². The number of nitrogens with two attached hydrogens (primary N) is 1. The Morgan fingerprint density at radius 3 is 2.58 bits per heavy atom. The molecule has 0 aliphatic rings. The molecule has 0 radical (unpaired) electrons. The molecule has 0 aliphatic heterocycles. The molecule has 0 aliphatic carbocycles. The highest BCUT2D eigenvalue weighted by molar-refractivity contribution is 6.37. The molecule has 0 unspecified atom stereocenters. The van der Waals surface area contributed by atoms with Gasteiger partial charge in [-0.3, -0.25) is 4.79 Å². The van der Waals surface area contributed by atoms with Crippen molar-refractivity contribution in [3.05, 3.63) is 17.0 Å². The molecule has 0 atom stereocenters. The zero-order valence-electron chi connectivity index (χ0n) is 6.93. The Balaban J connectivity index is 3.39. The number of aryl methyl sites for hydroxylation is 1. The molecule has 0 spiro atoms. The second-order valence-corrected chi connectivity index (χ2v) is 2.60. The van der Waals surface area contributed by atoms with Gasteiger partial charge in [-0.15, -0.1) is 0 Å². The molecule has 0 saturated heterocycles. The standard InChI is InChI=1S/C7H8BN3O/c1-3-4(2-9)5(8)6(11-3)7(10)12/h11H,8H2,1H3,(H2,10,12). The lowest BCUT2D eigenvalue weighted by atomic mass is 9.91. The van der Waals surface area contributed by atoms with E-state index < -0.39 is 5.91 Å². The van der Waals surface area contributed by atoms with E-state index in [0.717, 1.165) is 0 Å². The highest BCUT2D eigenvalue weighted by Crippen LogP contribution is 2.03. The first-order chi connectivity index (χ1) is 5.57. The maximum Gasteiger partial charge on any atom is 0.264 e. The van der Waals surface area contributed by atoms with Gasteiger partial charge in [0.05, 0.1) is 11.3 Å². The summed E-state index contributed by atoms with van der Waals surface area (Å²) in [5.41, 5.74) is 7.21. The van der Waals surface area contributed by atoms with Crippen molar-refractivity contribution in [2.45, 2.75) is 6.92 Å². The van der Waals surface area contributed by atoms with E-state index in [-0.39, 0.29) is 0 Å². The van der Waals surface area contributed by atoms with Gasteiger partial charge in [0.25, 0.3) is 5.91 Å². The van der Waals surface area contributed by atoms with Crippen LogP contribution in [0.2, 0.25) is 0 Å². The molecule has 12 heavy (non-hydrogen) atoms. The highest BCUT2D eigenvalue weighted by Gasteiger charge is 2.13. The van der Waals surface area contributed by atoms with Crippen LogP contribution < -0.4 is 11.2 Å². The summed E-state index contributed by atoms with van der Waals surface area (Å²) in [6.45, 7) is 1.73. The number of carbonyl (C=O) groups is 1. The Hall–Kier alpha value is -1.70. The lowest BCUT2D eigenvalue weighted by Crippen LogP contribution is -2.21. The Kier molecular flexibility index (Phi) is 1.92. The number of nitrogens with one attached hydrogen (secondary N) is 1. The molecule has 0 fully saturated rings. The van der Waals surface area contributed by atoms with Crippen LogP contribution in [-0.4, -0.2) is 18.7 Å². The number of hydrogen-bond acceptors (Lipinski definition) is 2. The van der Waals surface area contributed by atoms with Crippen LogP contribution in [0.25, 0.3) is 0 Å². The molecule has 60 valence electrons. The summed E-state index contributed by atoms with van der Waals surface area (Å²) >= 11 is 0. The molecular weight excluding hydrogens is 153 g/mol. The average Bonchev–Trinajstić information content (AvgIpc) is 2.27. The molecule has 4 nitrogen and oxygen atoms in total. The number of nitrogens with zero attached hydrogens (tertiary/aromatic N) is 1. The summed E-state index contributed by atoms with van der Waals surface area (Å²) in [6.07, 6.45) is 0. The van der Waals surface area contributed by atoms with Crippen LogP contribution in [0.15, 0.2) is 0 Å². The van der Waals surface area contributed by atoms with Crippen LogP contribution in [0.5, 0.6) is 0 Å². The van der Waals surface area contributed by atoms with Gasteiger partial charge in [-0.25, -0.2) is 0 Å². The third kappa shape index (κ3) is 1.07. The molecule has 0 saturated carbocycles. The molecule has 3 N–H and O–H groups in total. The molecule has 5 heteroatoms. The third-order valence-corrected chi connectivity index (χ3v) is 1.80. The maximum absolute atomic E-state index is 10.8. The SMILES string of the molecule is Bc1c(C(N)=O)[nH]c(C)c1C#N. The van der Waals surface area contributed by atoms with E-state index in [4.69, 9.17) is 11.0 Å². The second-order valence-electron chi connectivity index (χ2n) is 2.60. The lowest BCUT2D eigenvalue weighted by Gasteiger charge is -1.90. The topological polar surface area (TPSA) is 82.7 Å². The maximum atomic E-state index is 10.8. The first-order valence-electron chi connectivity index (χ1n) is 3.47. The molecule has 1 aromatic rings. The minimum absolute atomic E-state index is 0.323. The first kappa shape index (κ1) is 8.40. The van der Waals surface area contributed by atoms with Crippen molar-refractivity contribution in [1.29, 1.82) is 5.26 Å². The fraction of sp³-hybridized carbons (Fsp3) is 0.143. The zero-order valence-corrected chi connectivity index (χ0v) is 6.93. The van der Waals surface area contributed by atoms with Gasteiger partial charge in [-0.1, -0.05) is 0 Å². The van der Waals surface area contributed by atoms with Crippen LogP contribution >= 0.6 is 0 Å². The van der Waals surface area contributed by atoms with Crippen molar-refractivity contribution in [1.82, 2.24) is 4.98 Å². The van der Waals surface area contributed by atoms with E-state index in [2.05, 4.69) is 4.98 Å². The van der Waals surface area contributed by atoms with Crippen molar-refractivity contribution in [3.63, 3.8) is 0 Å². The predicted molar refractivity (Wildman–Crippen MR) is 46.9 cm³/mol. The summed E-state index contributed by atoms with van der Waals surface area (Å²) < 4.78 is 0. The normalized spacial score (nSPS) is 9.33. The van der Waals surface area contributed by atoms with Gasteiger partial charge < -0.3 is 10.7 Å². The number of nitriles is 1. The van der Waals surface area contributed by atoms with Gasteiger partial charge in [0.2, 0.25) is 0 Å². The Labute approximate surface area is 70.8 Å². The smallest absolute Gasteiger partial charge is 0.264 e. The largest absolute Gasteiger partial charge is 0.364 e. The summed E-state index contributed by atoms with van der Waals surface area (Å²) in [4.78, 5) is 13.6. The van der Waals surface area contributed by atoms with E-state index in [1.807, 2.05) is 6.07 Å². The highest BCUT2D eigenvalue weighted by atomic mass is 16.1. The van der Waals surface area contributed by atoms with Crippen molar-refractivity contribution in [2.75, 3.05) is 0 Å². The monoisotopic (exact) mass is 161 g/mol. The number of hydrogen-bond donors (Lipinski definition) is 2. The van der Waals surface area contributed by atoms with E-state index in [1.54, 1.807) is 14.8 Å². The number of amides is 1. The van der Waals surface area contributed by atoms with Gasteiger partial charge >= 0.3 is 0 Å². The molecule has 1 aromatic heterocycles. The minimum atomic E-state index is -0.530. The Morgan fingerprint density at radius 1 is 1.75 bits per heavy atom. The van der Waals surface area contributed by atoms with Crippen LogP contribution in [0.3, 0.4) is 0 Å². The number of rotatable bonds is 1. The Bertz CT molecular complexity index is 375. The number of carbonyl (C=O) groups excluding carboxylic acids is 1. The Morgan fingerprint density at radius 2 is 2.33 bits per heavy atom. The molecule has 1 rings (SSSR count). The summed E-state index contributed by atoms with van der Waals surface area (Å²) in [5.74, 6) is -0.530. The number of primary amides is 1. The minimum Gasteiger partial charge on any atom is -0.364 e. The average molecular weight is 161 g/mol. The van der Waals surface area contributed by atoms with Crippen LogP contribution in [-0.2, 0) is 0 Å². The van der Waals surface area contributed by atoms with Gasteiger partial charge in [0, 0.05) is 5.69 Å². The van der Waals surface area contributed by atoms with Crippen LogP contribution in [0.4, 0.5) is 0 Å². The van der Waals surface area contributed by atoms with Crippen LogP contribution in [0, 0.1) is 18.3 Å². The fourth-order valence-corrected chi connectivity index (χ4v) is 1.16. The summed E-state index contributed by atoms with van der Waals surface area (Å²) in [5, 5.41) is 8.67. The van der Waals surface area contributed by atoms with Crippen molar-refractivity contribution in [2.24, 2.45) is 5.73 Å². The van der Waals surface area contributed by atoms with E-state index in [9.17, 15) is 4.79 Å². The number of aromatic nitrogens is 1. The number of aromatic amines is 1. The summed E-state index contributed by atoms with van der Waals surface area (Å²) in [7, 11) is 1.70. The van der Waals surface area contributed by atoms with Crippen molar-refractivity contribution in [3.8, 4) is 6.07 Å². The zero-order chi connectivity index (χ0) is 9.30. The number of H-pyrrole nitrogens is 1. The molecule has 1 amide bonds. The fourth-order valence-electron chi connectivity index (χ4n) is 1.16. The van der Waals surface area contributed by atoms with E-state index >= 15 is 0 Å². The van der Waals surface area contributed by atoms with Crippen LogP contribution in [0.1, 0.15) is 21.7 Å². The summed E-state index contributed by atoms with van der Waals surface area (Å²) in [6, 6.07) is 2.00. The van der Waals surface area contributed by atoms with Gasteiger partial charge in [-0.05, 0) is 12.4 Å². The van der Waals surface area contributed by atoms with Crippen molar-refractivity contribution < 1.29 is 4.79 Å².